The Kier molecular flexibility index (Phi) is 7.07. The van der Waals surface area contributed by atoms with Gasteiger partial charge in [-0.05, 0) is 33.6 Å². The van der Waals surface area contributed by atoms with Crippen molar-refractivity contribution in [2.24, 2.45) is 4.99 Å². The van der Waals surface area contributed by atoms with E-state index in [1.165, 1.54) is 4.88 Å². The lowest BCUT2D eigenvalue weighted by Crippen LogP contribution is -2.55. The molecule has 27 heavy (non-hydrogen) atoms. The van der Waals surface area contributed by atoms with Crippen LogP contribution in [-0.2, 0) is 16.0 Å². The number of rotatable bonds is 5. The van der Waals surface area contributed by atoms with E-state index in [0.29, 0.717) is 6.61 Å². The summed E-state index contributed by atoms with van der Waals surface area (Å²) in [6.45, 7) is 11.6. The molecule has 2 saturated heterocycles. The summed E-state index contributed by atoms with van der Waals surface area (Å²) < 4.78 is 5.54. The topological polar surface area (TPSA) is 70.1 Å². The van der Waals surface area contributed by atoms with E-state index in [1.54, 1.807) is 11.3 Å². The molecule has 1 N–H and O–H groups in total. The predicted octanol–water partition coefficient (Wildman–Crippen LogP) is 1.59. The second-order valence-electron chi connectivity index (χ2n) is 7.04. The highest BCUT2D eigenvalue weighted by molar-refractivity contribution is 7.11. The van der Waals surface area contributed by atoms with Gasteiger partial charge in [-0.2, -0.15) is 0 Å². The molecule has 1 unspecified atom stereocenters. The van der Waals surface area contributed by atoms with Gasteiger partial charge in [0.25, 0.3) is 5.91 Å². The summed E-state index contributed by atoms with van der Waals surface area (Å²) in [4.78, 5) is 27.3. The number of guanidine groups is 1. The molecule has 0 spiro atoms. The van der Waals surface area contributed by atoms with E-state index in [0.717, 1.165) is 75.2 Å². The first-order valence-corrected chi connectivity index (χ1v) is 10.8. The number of carbonyl (C=O) groups excluding carboxylic acids is 1. The summed E-state index contributed by atoms with van der Waals surface area (Å²) >= 11 is 1.76. The van der Waals surface area contributed by atoms with Crippen molar-refractivity contribution in [3.8, 4) is 0 Å². The van der Waals surface area contributed by atoms with Crippen LogP contribution in [0.2, 0.25) is 0 Å². The van der Waals surface area contributed by atoms with Crippen LogP contribution in [0.25, 0.3) is 0 Å². The van der Waals surface area contributed by atoms with Gasteiger partial charge in [-0.25, -0.2) is 4.98 Å². The maximum atomic E-state index is 12.5. The molecule has 2 fully saturated rings. The van der Waals surface area contributed by atoms with Gasteiger partial charge in [-0.3, -0.25) is 9.79 Å². The van der Waals surface area contributed by atoms with Gasteiger partial charge in [0, 0.05) is 57.2 Å². The summed E-state index contributed by atoms with van der Waals surface area (Å²) in [6, 6.07) is 0. The van der Waals surface area contributed by atoms with Crippen LogP contribution in [0.3, 0.4) is 0 Å². The Labute approximate surface area is 165 Å². The minimum atomic E-state index is -0.218. The Hall–Kier alpha value is -1.67. The van der Waals surface area contributed by atoms with Crippen LogP contribution in [0.1, 0.15) is 35.3 Å². The molecule has 3 heterocycles. The molecule has 0 saturated carbocycles. The molecule has 0 aliphatic carbocycles. The maximum Gasteiger partial charge on any atom is 0.251 e. The third-order valence-electron chi connectivity index (χ3n) is 5.03. The van der Waals surface area contributed by atoms with Crippen molar-refractivity contribution in [1.82, 2.24) is 20.1 Å². The van der Waals surface area contributed by atoms with Gasteiger partial charge in [0.05, 0.1) is 10.7 Å². The van der Waals surface area contributed by atoms with E-state index in [9.17, 15) is 4.79 Å². The standard InChI is InChI=1S/C19H31N5O2S/c1-4-20-19(21-8-7-17-14(2)22-15(3)27-17)24-11-9-23(10-12-24)18(25)16-6-5-13-26-16/h16H,4-13H2,1-3H3,(H,20,21). The average molecular weight is 394 g/mol. The molecule has 1 aromatic heterocycles. The van der Waals surface area contributed by atoms with E-state index in [1.807, 2.05) is 11.8 Å². The predicted molar refractivity (Wildman–Crippen MR) is 108 cm³/mol. The van der Waals surface area contributed by atoms with Crippen molar-refractivity contribution in [3.63, 3.8) is 0 Å². The number of amides is 1. The molecule has 2 aliphatic heterocycles. The van der Waals surface area contributed by atoms with E-state index in [-0.39, 0.29) is 12.0 Å². The molecular formula is C19H31N5O2S. The number of aliphatic imine (C=N–C) groups is 1. The first-order valence-electron chi connectivity index (χ1n) is 9.95. The van der Waals surface area contributed by atoms with Gasteiger partial charge < -0.3 is 19.9 Å². The third kappa shape index (κ3) is 5.19. The number of aromatic nitrogens is 1. The van der Waals surface area contributed by atoms with Crippen molar-refractivity contribution in [2.45, 2.75) is 46.1 Å². The van der Waals surface area contributed by atoms with Crippen LogP contribution >= 0.6 is 11.3 Å². The molecule has 2 aliphatic rings. The normalized spacial score (nSPS) is 21.0. The van der Waals surface area contributed by atoms with Crippen LogP contribution in [0.5, 0.6) is 0 Å². The van der Waals surface area contributed by atoms with E-state index < -0.39 is 0 Å². The fourth-order valence-corrected chi connectivity index (χ4v) is 4.54. The number of nitrogens with one attached hydrogen (secondary N) is 1. The van der Waals surface area contributed by atoms with Crippen molar-refractivity contribution >= 4 is 23.2 Å². The van der Waals surface area contributed by atoms with Crippen LogP contribution in [0.4, 0.5) is 0 Å². The summed E-state index contributed by atoms with van der Waals surface area (Å²) in [5.41, 5.74) is 1.12. The SMILES string of the molecule is CCNC(=NCCc1sc(C)nc1C)N1CCN(C(=O)C2CCCO2)CC1. The molecule has 0 radical (unpaired) electrons. The summed E-state index contributed by atoms with van der Waals surface area (Å²) in [6.07, 6.45) is 2.56. The number of carbonyl (C=O) groups is 1. The largest absolute Gasteiger partial charge is 0.368 e. The Morgan fingerprint density at radius 2 is 2.04 bits per heavy atom. The van der Waals surface area contributed by atoms with Gasteiger partial charge in [0.1, 0.15) is 6.10 Å². The highest BCUT2D eigenvalue weighted by atomic mass is 32.1. The molecule has 7 nitrogen and oxygen atoms in total. The quantitative estimate of drug-likeness (QED) is 0.608. The van der Waals surface area contributed by atoms with Gasteiger partial charge in [-0.1, -0.05) is 0 Å². The minimum absolute atomic E-state index is 0.158. The second-order valence-corrected chi connectivity index (χ2v) is 8.33. The highest BCUT2D eigenvalue weighted by Gasteiger charge is 2.30. The number of nitrogens with zero attached hydrogens (tertiary/aromatic N) is 4. The van der Waals surface area contributed by atoms with Gasteiger partial charge in [-0.15, -0.1) is 11.3 Å². The third-order valence-corrected chi connectivity index (χ3v) is 6.16. The zero-order chi connectivity index (χ0) is 19.2. The van der Waals surface area contributed by atoms with Crippen LogP contribution in [-0.4, -0.2) is 78.6 Å². The van der Waals surface area contributed by atoms with E-state index in [2.05, 4.69) is 29.0 Å². The van der Waals surface area contributed by atoms with Gasteiger partial charge in [0.15, 0.2) is 5.96 Å². The van der Waals surface area contributed by atoms with Crippen molar-refractivity contribution in [1.29, 1.82) is 0 Å². The fourth-order valence-electron chi connectivity index (χ4n) is 3.61. The van der Waals surface area contributed by atoms with Crippen LogP contribution in [0, 0.1) is 13.8 Å². The molecule has 1 atom stereocenters. The second kappa shape index (κ2) is 9.50. The lowest BCUT2D eigenvalue weighted by atomic mass is 10.2. The first kappa shape index (κ1) is 20.1. The minimum Gasteiger partial charge on any atom is -0.368 e. The number of thiazole rings is 1. The lowest BCUT2D eigenvalue weighted by molar-refractivity contribution is -0.142. The van der Waals surface area contributed by atoms with Gasteiger partial charge >= 0.3 is 0 Å². The summed E-state index contributed by atoms with van der Waals surface area (Å²) in [7, 11) is 0. The van der Waals surface area contributed by atoms with Crippen molar-refractivity contribution in [2.75, 3.05) is 45.9 Å². The number of piperazine rings is 1. The molecular weight excluding hydrogens is 362 g/mol. The zero-order valence-corrected chi connectivity index (χ0v) is 17.5. The molecule has 0 aromatic carbocycles. The zero-order valence-electron chi connectivity index (χ0n) is 16.7. The first-order chi connectivity index (χ1) is 13.1. The molecule has 1 amide bonds. The smallest absolute Gasteiger partial charge is 0.251 e. The van der Waals surface area contributed by atoms with Crippen LogP contribution < -0.4 is 5.32 Å². The number of ether oxygens (including phenoxy) is 1. The maximum absolute atomic E-state index is 12.5. The van der Waals surface area contributed by atoms with Gasteiger partial charge in [0.2, 0.25) is 0 Å². The molecule has 8 heteroatoms. The molecule has 150 valence electrons. The molecule has 1 aromatic rings. The monoisotopic (exact) mass is 393 g/mol. The average Bonchev–Trinajstić information content (AvgIpc) is 3.30. The number of aryl methyl sites for hydroxylation is 2. The van der Waals surface area contributed by atoms with Crippen LogP contribution in [0.15, 0.2) is 4.99 Å². The molecule has 3 rings (SSSR count). The van der Waals surface area contributed by atoms with E-state index in [4.69, 9.17) is 9.73 Å². The molecule has 0 bridgehead atoms. The Morgan fingerprint density at radius 3 is 2.63 bits per heavy atom. The highest BCUT2D eigenvalue weighted by Crippen LogP contribution is 2.18. The Balaban J connectivity index is 1.52. The van der Waals surface area contributed by atoms with Crippen molar-refractivity contribution < 1.29 is 9.53 Å². The summed E-state index contributed by atoms with van der Waals surface area (Å²) in [5.74, 6) is 1.10. The number of hydrogen-bond donors (Lipinski definition) is 1. The van der Waals surface area contributed by atoms with Crippen molar-refractivity contribution in [3.05, 3.63) is 15.6 Å². The summed E-state index contributed by atoms with van der Waals surface area (Å²) in [5, 5.41) is 4.51. The Bertz CT molecular complexity index is 661. The fraction of sp³-hybridized carbons (Fsp3) is 0.737. The Morgan fingerprint density at radius 1 is 1.30 bits per heavy atom. The van der Waals surface area contributed by atoms with E-state index >= 15 is 0 Å². The lowest BCUT2D eigenvalue weighted by Gasteiger charge is -2.37. The number of hydrogen-bond acceptors (Lipinski definition) is 5.